The number of benzene rings is 2. The van der Waals surface area contributed by atoms with Crippen LogP contribution in [0, 0.1) is 0 Å². The first-order chi connectivity index (χ1) is 11.5. The molecule has 126 valence electrons. The van der Waals surface area contributed by atoms with Crippen molar-refractivity contribution < 1.29 is 4.79 Å². The van der Waals surface area contributed by atoms with Gasteiger partial charge in [-0.05, 0) is 42.5 Å². The Morgan fingerprint density at radius 1 is 0.833 bits per heavy atom. The Hall–Kier alpha value is -1.62. The third-order valence-electron chi connectivity index (χ3n) is 3.87. The molecule has 0 saturated carbocycles. The Kier molecular flexibility index (Phi) is 5.39. The van der Waals surface area contributed by atoms with E-state index in [9.17, 15) is 4.79 Å². The largest absolute Gasteiger partial charge is 0.368 e. The maximum atomic E-state index is 12.4. The van der Waals surface area contributed by atoms with Crippen LogP contribution in [0.15, 0.2) is 42.5 Å². The molecule has 0 unspecified atom stereocenters. The van der Waals surface area contributed by atoms with Crippen molar-refractivity contribution in [1.82, 2.24) is 4.90 Å². The highest BCUT2D eigenvalue weighted by Gasteiger charge is 2.21. The molecule has 0 atom stereocenters. The lowest BCUT2D eigenvalue weighted by Gasteiger charge is -2.36. The monoisotopic (exact) mass is 383 g/mol. The zero-order valence-corrected chi connectivity index (χ0v) is 15.1. The summed E-state index contributed by atoms with van der Waals surface area (Å²) in [4.78, 5) is 16.4. The van der Waals surface area contributed by atoms with Gasteiger partial charge in [0.15, 0.2) is 0 Å². The van der Waals surface area contributed by atoms with E-state index in [4.69, 9.17) is 34.8 Å². The predicted molar refractivity (Wildman–Crippen MR) is 101 cm³/mol. The molecular weight excluding hydrogens is 369 g/mol. The number of amides is 2. The Bertz CT molecular complexity index is 708. The second-order valence-corrected chi connectivity index (χ2v) is 6.85. The number of anilines is 2. The van der Waals surface area contributed by atoms with Crippen molar-refractivity contribution in [3.05, 3.63) is 57.5 Å². The number of carbonyl (C=O) groups is 1. The molecule has 0 aliphatic carbocycles. The standard InChI is InChI=1S/C17H16Cl3N3O/c18-12-1-3-16(4-2-12)22-5-7-23(8-6-22)17(24)21-15-10-13(19)9-14(20)11-15/h1-4,9-11H,5-8H2,(H,21,24). The van der Waals surface area contributed by atoms with Gasteiger partial charge in [-0.15, -0.1) is 0 Å². The predicted octanol–water partition coefficient (Wildman–Crippen LogP) is 5.00. The fourth-order valence-corrected chi connectivity index (χ4v) is 3.30. The summed E-state index contributed by atoms with van der Waals surface area (Å²) in [7, 11) is 0. The summed E-state index contributed by atoms with van der Waals surface area (Å²) < 4.78 is 0. The van der Waals surface area contributed by atoms with Crippen molar-refractivity contribution in [2.75, 3.05) is 36.4 Å². The van der Waals surface area contributed by atoms with E-state index in [1.807, 2.05) is 24.3 Å². The van der Waals surface area contributed by atoms with Gasteiger partial charge in [-0.25, -0.2) is 4.79 Å². The number of nitrogens with one attached hydrogen (secondary N) is 1. The van der Waals surface area contributed by atoms with Gasteiger partial charge in [0.05, 0.1) is 0 Å². The van der Waals surface area contributed by atoms with E-state index in [0.29, 0.717) is 28.8 Å². The second-order valence-electron chi connectivity index (χ2n) is 5.54. The molecule has 1 saturated heterocycles. The quantitative estimate of drug-likeness (QED) is 0.791. The number of piperazine rings is 1. The number of hydrogen-bond acceptors (Lipinski definition) is 2. The fraction of sp³-hybridized carbons (Fsp3) is 0.235. The van der Waals surface area contributed by atoms with Gasteiger partial charge in [0.2, 0.25) is 0 Å². The summed E-state index contributed by atoms with van der Waals surface area (Å²) >= 11 is 17.8. The normalized spacial score (nSPS) is 14.6. The van der Waals surface area contributed by atoms with Crippen molar-refractivity contribution in [2.45, 2.75) is 0 Å². The topological polar surface area (TPSA) is 35.6 Å². The highest BCUT2D eigenvalue weighted by Crippen LogP contribution is 2.23. The van der Waals surface area contributed by atoms with Crippen LogP contribution in [0.25, 0.3) is 0 Å². The SMILES string of the molecule is O=C(Nc1cc(Cl)cc(Cl)c1)N1CCN(c2ccc(Cl)cc2)CC1. The van der Waals surface area contributed by atoms with Crippen LogP contribution in [-0.2, 0) is 0 Å². The third kappa shape index (κ3) is 4.26. The minimum absolute atomic E-state index is 0.149. The number of carbonyl (C=O) groups excluding carboxylic acids is 1. The van der Waals surface area contributed by atoms with E-state index in [0.717, 1.165) is 23.8 Å². The van der Waals surface area contributed by atoms with Gasteiger partial charge in [0.1, 0.15) is 0 Å². The van der Waals surface area contributed by atoms with E-state index >= 15 is 0 Å². The molecule has 0 aromatic heterocycles. The first-order valence-corrected chi connectivity index (χ1v) is 8.67. The van der Waals surface area contributed by atoms with E-state index < -0.39 is 0 Å². The maximum absolute atomic E-state index is 12.4. The molecule has 1 fully saturated rings. The zero-order valence-electron chi connectivity index (χ0n) is 12.8. The average molecular weight is 385 g/mol. The van der Waals surface area contributed by atoms with E-state index in [1.165, 1.54) is 0 Å². The number of nitrogens with zero attached hydrogens (tertiary/aromatic N) is 2. The Balaban J connectivity index is 1.57. The molecule has 1 aliphatic heterocycles. The first-order valence-electron chi connectivity index (χ1n) is 7.54. The van der Waals surface area contributed by atoms with Crippen molar-refractivity contribution in [3.8, 4) is 0 Å². The third-order valence-corrected chi connectivity index (χ3v) is 4.56. The highest BCUT2D eigenvalue weighted by molar-refractivity contribution is 6.35. The molecule has 1 aliphatic rings. The summed E-state index contributed by atoms with van der Waals surface area (Å²) in [6, 6.07) is 12.6. The lowest BCUT2D eigenvalue weighted by molar-refractivity contribution is 0.208. The minimum Gasteiger partial charge on any atom is -0.368 e. The number of urea groups is 1. The van der Waals surface area contributed by atoms with Crippen LogP contribution in [0.3, 0.4) is 0 Å². The molecule has 2 aromatic rings. The van der Waals surface area contributed by atoms with E-state index in [-0.39, 0.29) is 6.03 Å². The highest BCUT2D eigenvalue weighted by atomic mass is 35.5. The van der Waals surface area contributed by atoms with Crippen LogP contribution >= 0.6 is 34.8 Å². The summed E-state index contributed by atoms with van der Waals surface area (Å²) in [6.45, 7) is 2.82. The van der Waals surface area contributed by atoms with Crippen LogP contribution in [0.5, 0.6) is 0 Å². The van der Waals surface area contributed by atoms with Crippen LogP contribution < -0.4 is 10.2 Å². The minimum atomic E-state index is -0.149. The maximum Gasteiger partial charge on any atom is 0.321 e. The van der Waals surface area contributed by atoms with Crippen molar-refractivity contribution in [3.63, 3.8) is 0 Å². The Labute approximate surface area is 155 Å². The molecule has 24 heavy (non-hydrogen) atoms. The lowest BCUT2D eigenvalue weighted by atomic mass is 10.2. The number of halogens is 3. The van der Waals surface area contributed by atoms with E-state index in [2.05, 4.69) is 10.2 Å². The van der Waals surface area contributed by atoms with Crippen molar-refractivity contribution >= 4 is 52.2 Å². The molecule has 2 aromatic carbocycles. The van der Waals surface area contributed by atoms with Crippen LogP contribution in [0.2, 0.25) is 15.1 Å². The van der Waals surface area contributed by atoms with Crippen LogP contribution in [0.1, 0.15) is 0 Å². The molecule has 0 spiro atoms. The van der Waals surface area contributed by atoms with Crippen LogP contribution in [0.4, 0.5) is 16.2 Å². The Morgan fingerprint density at radius 3 is 2.00 bits per heavy atom. The van der Waals surface area contributed by atoms with Gasteiger partial charge >= 0.3 is 6.03 Å². The molecule has 2 amide bonds. The van der Waals surface area contributed by atoms with Crippen molar-refractivity contribution in [1.29, 1.82) is 0 Å². The second kappa shape index (κ2) is 7.51. The molecular formula is C17H16Cl3N3O. The summed E-state index contributed by atoms with van der Waals surface area (Å²) in [6.07, 6.45) is 0. The average Bonchev–Trinajstić information content (AvgIpc) is 2.55. The molecule has 4 nitrogen and oxygen atoms in total. The number of rotatable bonds is 2. The summed E-state index contributed by atoms with van der Waals surface area (Å²) in [5.74, 6) is 0. The van der Waals surface area contributed by atoms with Gasteiger partial charge in [0.25, 0.3) is 0 Å². The van der Waals surface area contributed by atoms with Gasteiger partial charge in [-0.2, -0.15) is 0 Å². The lowest BCUT2D eigenvalue weighted by Crippen LogP contribution is -2.50. The Morgan fingerprint density at radius 2 is 1.42 bits per heavy atom. The fourth-order valence-electron chi connectivity index (χ4n) is 2.65. The van der Waals surface area contributed by atoms with Crippen molar-refractivity contribution in [2.24, 2.45) is 0 Å². The van der Waals surface area contributed by atoms with Crippen LogP contribution in [-0.4, -0.2) is 37.1 Å². The van der Waals surface area contributed by atoms with Gasteiger partial charge < -0.3 is 15.1 Å². The molecule has 3 rings (SSSR count). The van der Waals surface area contributed by atoms with Gasteiger partial charge in [0, 0.05) is 52.6 Å². The number of hydrogen-bond donors (Lipinski definition) is 1. The zero-order chi connectivity index (χ0) is 17.1. The molecule has 7 heteroatoms. The molecule has 0 bridgehead atoms. The smallest absolute Gasteiger partial charge is 0.321 e. The summed E-state index contributed by atoms with van der Waals surface area (Å²) in [5, 5.41) is 4.54. The van der Waals surface area contributed by atoms with Gasteiger partial charge in [-0.3, -0.25) is 0 Å². The molecule has 1 N–H and O–H groups in total. The molecule has 0 radical (unpaired) electrons. The summed E-state index contributed by atoms with van der Waals surface area (Å²) in [5.41, 5.74) is 1.71. The first kappa shape index (κ1) is 17.2. The van der Waals surface area contributed by atoms with Gasteiger partial charge in [-0.1, -0.05) is 34.8 Å². The molecule has 1 heterocycles. The van der Waals surface area contributed by atoms with E-state index in [1.54, 1.807) is 23.1 Å².